The lowest BCUT2D eigenvalue weighted by Crippen LogP contribution is -2.21. The number of nitrogens with zero attached hydrogens (tertiary/aromatic N) is 3. The normalized spacial score (nSPS) is 11.2. The van der Waals surface area contributed by atoms with Gasteiger partial charge in [-0.3, -0.25) is 4.79 Å². The molecule has 0 fully saturated rings. The maximum Gasteiger partial charge on any atom is 0.263 e. The van der Waals surface area contributed by atoms with Crippen molar-refractivity contribution in [2.75, 3.05) is 4.90 Å². The Morgan fingerprint density at radius 1 is 0.771 bits per heavy atom. The Hall–Kier alpha value is -4.64. The van der Waals surface area contributed by atoms with E-state index >= 15 is 0 Å². The number of anilines is 3. The zero-order chi connectivity index (χ0) is 23.8. The highest BCUT2D eigenvalue weighted by Gasteiger charge is 2.18. The number of rotatable bonds is 5. The molecule has 5 nitrogen and oxygen atoms in total. The van der Waals surface area contributed by atoms with Gasteiger partial charge in [0.25, 0.3) is 5.56 Å². The predicted molar refractivity (Wildman–Crippen MR) is 142 cm³/mol. The van der Waals surface area contributed by atoms with E-state index in [0.717, 1.165) is 33.5 Å². The quantitative estimate of drug-likeness (QED) is 0.273. The SMILES string of the molecule is CCn1c(=O)c(-c2nc3ccccc3o2)cc2ccc(N(c3ccccc3)c3ccccc3)cc21. The molecule has 0 radical (unpaired) electrons. The summed E-state index contributed by atoms with van der Waals surface area (Å²) in [4.78, 5) is 20.3. The molecule has 0 saturated heterocycles. The molecule has 0 saturated carbocycles. The van der Waals surface area contributed by atoms with Crippen LogP contribution in [-0.2, 0) is 6.54 Å². The third kappa shape index (κ3) is 3.67. The summed E-state index contributed by atoms with van der Waals surface area (Å²) >= 11 is 0. The summed E-state index contributed by atoms with van der Waals surface area (Å²) in [5.74, 6) is 0.347. The lowest BCUT2D eigenvalue weighted by atomic mass is 10.1. The van der Waals surface area contributed by atoms with Gasteiger partial charge in [0.2, 0.25) is 5.89 Å². The van der Waals surface area contributed by atoms with Gasteiger partial charge in [0, 0.05) is 23.6 Å². The average molecular weight is 458 g/mol. The predicted octanol–water partition coefficient (Wildman–Crippen LogP) is 7.30. The van der Waals surface area contributed by atoms with Crippen molar-refractivity contribution in [2.24, 2.45) is 0 Å². The Labute approximate surface area is 202 Å². The van der Waals surface area contributed by atoms with Crippen LogP contribution < -0.4 is 10.5 Å². The molecule has 5 heteroatoms. The number of fused-ring (bicyclic) bond motifs is 2. The van der Waals surface area contributed by atoms with Crippen LogP contribution >= 0.6 is 0 Å². The molecule has 2 heterocycles. The van der Waals surface area contributed by atoms with E-state index in [9.17, 15) is 4.79 Å². The van der Waals surface area contributed by atoms with Crippen molar-refractivity contribution in [1.29, 1.82) is 0 Å². The van der Waals surface area contributed by atoms with Gasteiger partial charge >= 0.3 is 0 Å². The van der Waals surface area contributed by atoms with E-state index < -0.39 is 0 Å². The van der Waals surface area contributed by atoms with Crippen molar-refractivity contribution in [3.63, 3.8) is 0 Å². The molecule has 6 rings (SSSR count). The van der Waals surface area contributed by atoms with E-state index in [1.165, 1.54) is 0 Å². The van der Waals surface area contributed by atoms with Crippen LogP contribution in [0.15, 0.2) is 118 Å². The maximum absolute atomic E-state index is 13.6. The number of hydrogen-bond acceptors (Lipinski definition) is 4. The fourth-order valence-electron chi connectivity index (χ4n) is 4.55. The van der Waals surface area contributed by atoms with Crippen molar-refractivity contribution >= 4 is 39.1 Å². The summed E-state index contributed by atoms with van der Waals surface area (Å²) < 4.78 is 7.72. The van der Waals surface area contributed by atoms with Gasteiger partial charge in [-0.15, -0.1) is 0 Å². The molecule has 0 aliphatic heterocycles. The second-order valence-corrected chi connectivity index (χ2v) is 8.34. The molecule has 0 aliphatic rings. The van der Waals surface area contributed by atoms with Crippen LogP contribution in [-0.4, -0.2) is 9.55 Å². The fourth-order valence-corrected chi connectivity index (χ4v) is 4.55. The van der Waals surface area contributed by atoms with Crippen LogP contribution in [0, 0.1) is 0 Å². The first-order valence-electron chi connectivity index (χ1n) is 11.7. The molecular formula is C30H23N3O2. The summed E-state index contributed by atoms with van der Waals surface area (Å²) in [6.45, 7) is 2.51. The summed E-state index contributed by atoms with van der Waals surface area (Å²) in [6, 6.07) is 36.1. The second-order valence-electron chi connectivity index (χ2n) is 8.34. The lowest BCUT2D eigenvalue weighted by molar-refractivity contribution is 0.616. The van der Waals surface area contributed by atoms with E-state index in [1.54, 1.807) is 4.57 Å². The van der Waals surface area contributed by atoms with Crippen molar-refractivity contribution < 1.29 is 4.42 Å². The fraction of sp³-hybridized carbons (Fsp3) is 0.0667. The second kappa shape index (κ2) is 8.61. The van der Waals surface area contributed by atoms with Gasteiger partial charge in [0.15, 0.2) is 5.58 Å². The molecule has 0 spiro atoms. The molecule has 0 unspecified atom stereocenters. The van der Waals surface area contributed by atoms with Gasteiger partial charge < -0.3 is 13.9 Å². The Morgan fingerprint density at radius 3 is 2.09 bits per heavy atom. The minimum absolute atomic E-state index is 0.116. The first-order valence-corrected chi connectivity index (χ1v) is 11.7. The van der Waals surface area contributed by atoms with Gasteiger partial charge in [-0.25, -0.2) is 4.98 Å². The molecule has 2 aromatic heterocycles. The Kier molecular flexibility index (Phi) is 5.15. The molecule has 0 amide bonds. The molecule has 0 N–H and O–H groups in total. The topological polar surface area (TPSA) is 51.3 Å². The number of oxazole rings is 1. The number of aryl methyl sites for hydroxylation is 1. The minimum Gasteiger partial charge on any atom is -0.436 e. The Morgan fingerprint density at radius 2 is 1.43 bits per heavy atom. The number of para-hydroxylation sites is 4. The van der Waals surface area contributed by atoms with Crippen molar-refractivity contribution in [2.45, 2.75) is 13.5 Å². The minimum atomic E-state index is -0.116. The van der Waals surface area contributed by atoms with Crippen LogP contribution in [0.3, 0.4) is 0 Å². The van der Waals surface area contributed by atoms with Crippen molar-refractivity contribution in [3.8, 4) is 11.5 Å². The van der Waals surface area contributed by atoms with E-state index in [-0.39, 0.29) is 5.56 Å². The van der Waals surface area contributed by atoms with Crippen LogP contribution in [0.2, 0.25) is 0 Å². The molecule has 0 aliphatic carbocycles. The molecule has 35 heavy (non-hydrogen) atoms. The largest absolute Gasteiger partial charge is 0.436 e. The summed E-state index contributed by atoms with van der Waals surface area (Å²) in [6.07, 6.45) is 0. The highest BCUT2D eigenvalue weighted by Crippen LogP contribution is 2.36. The smallest absolute Gasteiger partial charge is 0.263 e. The van der Waals surface area contributed by atoms with Crippen molar-refractivity contribution in [3.05, 3.63) is 120 Å². The number of pyridine rings is 1. The Bertz CT molecular complexity index is 1630. The van der Waals surface area contributed by atoms with Gasteiger partial charge in [-0.05, 0) is 66.9 Å². The summed E-state index contributed by atoms with van der Waals surface area (Å²) in [5.41, 5.74) is 5.69. The van der Waals surface area contributed by atoms with Gasteiger partial charge in [0.1, 0.15) is 11.1 Å². The molecule has 170 valence electrons. The summed E-state index contributed by atoms with van der Waals surface area (Å²) in [5, 5.41) is 0.952. The zero-order valence-corrected chi connectivity index (χ0v) is 19.3. The lowest BCUT2D eigenvalue weighted by Gasteiger charge is -2.26. The highest BCUT2D eigenvalue weighted by molar-refractivity contribution is 5.89. The molecule has 4 aromatic carbocycles. The third-order valence-electron chi connectivity index (χ3n) is 6.21. The van der Waals surface area contributed by atoms with Crippen molar-refractivity contribution in [1.82, 2.24) is 9.55 Å². The maximum atomic E-state index is 13.6. The molecular weight excluding hydrogens is 434 g/mol. The standard InChI is InChI=1S/C30H23N3O2/c1-2-32-27-20-24(33(22-11-5-3-6-12-22)23-13-7-4-8-14-23)18-17-21(27)19-25(30(32)34)29-31-26-15-9-10-16-28(26)35-29/h3-20H,2H2,1H3. The number of hydrogen-bond donors (Lipinski definition) is 0. The molecule has 0 atom stereocenters. The molecule has 6 aromatic rings. The van der Waals surface area contributed by atoms with Crippen LogP contribution in [0.25, 0.3) is 33.5 Å². The molecule has 0 bridgehead atoms. The number of aromatic nitrogens is 2. The van der Waals surface area contributed by atoms with Crippen LogP contribution in [0.5, 0.6) is 0 Å². The monoisotopic (exact) mass is 457 g/mol. The highest BCUT2D eigenvalue weighted by atomic mass is 16.3. The average Bonchev–Trinajstić information content (AvgIpc) is 3.34. The third-order valence-corrected chi connectivity index (χ3v) is 6.21. The Balaban J connectivity index is 1.54. The van der Waals surface area contributed by atoms with Crippen LogP contribution in [0.1, 0.15) is 6.92 Å². The van der Waals surface area contributed by atoms with E-state index in [0.29, 0.717) is 23.6 Å². The van der Waals surface area contributed by atoms with E-state index in [4.69, 9.17) is 4.42 Å². The first-order chi connectivity index (χ1) is 17.2. The zero-order valence-electron chi connectivity index (χ0n) is 19.3. The van der Waals surface area contributed by atoms with Gasteiger partial charge in [-0.1, -0.05) is 54.6 Å². The van der Waals surface area contributed by atoms with E-state index in [2.05, 4.69) is 52.3 Å². The van der Waals surface area contributed by atoms with Gasteiger partial charge in [0.05, 0.1) is 5.52 Å². The number of benzene rings is 4. The van der Waals surface area contributed by atoms with Gasteiger partial charge in [-0.2, -0.15) is 0 Å². The van der Waals surface area contributed by atoms with Crippen LogP contribution in [0.4, 0.5) is 17.1 Å². The van der Waals surface area contributed by atoms with E-state index in [1.807, 2.05) is 73.7 Å². The summed E-state index contributed by atoms with van der Waals surface area (Å²) in [7, 11) is 0. The first kappa shape index (κ1) is 20.9.